The number of aliphatic hydroxyl groups is 1. The predicted molar refractivity (Wildman–Crippen MR) is 145 cm³/mol. The summed E-state index contributed by atoms with van der Waals surface area (Å²) in [4.78, 5) is 12.4. The number of hydrogen-bond acceptors (Lipinski definition) is 5. The summed E-state index contributed by atoms with van der Waals surface area (Å²) < 4.78 is 118. The number of Topliss-reactive ketones (excluding diaryl/α,β-unsaturated/α-hetero) is 1. The quantitative estimate of drug-likeness (QED) is 0.0982. The van der Waals surface area contributed by atoms with E-state index < -0.39 is 33.6 Å². The Morgan fingerprint density at radius 3 is 1.98 bits per heavy atom. The molecule has 41 heavy (non-hydrogen) atoms. The fourth-order valence-electron chi connectivity index (χ4n) is 3.96. The minimum absolute atomic E-state index is 0.00682. The Morgan fingerprint density at radius 1 is 0.878 bits per heavy atom. The van der Waals surface area contributed by atoms with E-state index in [1.165, 1.54) is 42.5 Å². The maximum Gasteiger partial charge on any atom is 0.430 e. The van der Waals surface area contributed by atoms with E-state index in [1.54, 1.807) is 6.92 Å². The van der Waals surface area contributed by atoms with Gasteiger partial charge in [0.1, 0.15) is 11.5 Å². The van der Waals surface area contributed by atoms with Crippen LogP contribution >= 0.6 is 22.6 Å². The van der Waals surface area contributed by atoms with E-state index in [-0.39, 0.29) is 47.0 Å². The summed E-state index contributed by atoms with van der Waals surface area (Å²) in [5.74, 6) is -0.0504. The molecule has 0 aliphatic rings. The summed E-state index contributed by atoms with van der Waals surface area (Å²) in [5.41, 5.74) is -5.43. The lowest BCUT2D eigenvalue weighted by Crippen LogP contribution is -2.53. The molecule has 0 aliphatic carbocycles. The third-order valence-electron chi connectivity index (χ3n) is 6.15. The van der Waals surface area contributed by atoms with Crippen LogP contribution < -0.4 is 4.74 Å². The lowest BCUT2D eigenvalue weighted by Gasteiger charge is -2.33. The maximum atomic E-state index is 13.4. The Hall–Kier alpha value is -2.69. The first-order chi connectivity index (χ1) is 18.9. The summed E-state index contributed by atoms with van der Waals surface area (Å²) in [6.07, 6.45) is -11.2. The molecule has 222 valence electrons. The highest BCUT2D eigenvalue weighted by Crippen LogP contribution is 2.50. The normalized spacial score (nSPS) is 12.8. The number of benzene rings is 3. The molecular weight excluding hydrogens is 693 g/mol. The van der Waals surface area contributed by atoms with Gasteiger partial charge in [-0.15, -0.1) is 0 Å². The van der Waals surface area contributed by atoms with Crippen LogP contribution in [0.4, 0.5) is 26.3 Å². The second-order valence-electron chi connectivity index (χ2n) is 9.07. The third kappa shape index (κ3) is 7.40. The molecule has 0 atom stereocenters. The molecule has 3 aromatic carbocycles. The molecule has 0 amide bonds. The number of hydrogen-bond donors (Lipinski definition) is 2. The van der Waals surface area contributed by atoms with Gasteiger partial charge in [-0.05, 0) is 89.0 Å². The second kappa shape index (κ2) is 12.3. The number of rotatable bonds is 10. The molecule has 0 radical (unpaired) electrons. The van der Waals surface area contributed by atoms with E-state index >= 15 is 0 Å². The smallest absolute Gasteiger partial charge is 0.430 e. The lowest BCUT2D eigenvalue weighted by atomic mass is 9.90. The van der Waals surface area contributed by atoms with E-state index in [2.05, 4.69) is 0 Å². The summed E-state index contributed by atoms with van der Waals surface area (Å²) in [7, 11) is -4.33. The number of aryl methyl sites for hydroxylation is 2. The Bertz CT molecular complexity index is 1500. The fourth-order valence-corrected chi connectivity index (χ4v) is 5.07. The van der Waals surface area contributed by atoms with Crippen molar-refractivity contribution >= 4 is 38.5 Å². The molecule has 0 aliphatic heterocycles. The fraction of sp³-hybridized carbons (Fsp3) is 0.296. The highest BCUT2D eigenvalue weighted by atomic mass is 127. The van der Waals surface area contributed by atoms with Crippen molar-refractivity contribution in [2.45, 2.75) is 55.5 Å². The molecule has 0 saturated heterocycles. The topological polar surface area (TPSA) is 101 Å². The number of alkyl halides is 6. The first-order valence-electron chi connectivity index (χ1n) is 11.9. The van der Waals surface area contributed by atoms with Crippen molar-refractivity contribution in [1.82, 2.24) is 0 Å². The van der Waals surface area contributed by atoms with Crippen LogP contribution in [-0.2, 0) is 28.6 Å². The van der Waals surface area contributed by atoms with Crippen molar-refractivity contribution in [2.24, 2.45) is 0 Å². The Labute approximate surface area is 245 Å². The highest BCUT2D eigenvalue weighted by molar-refractivity contribution is 14.1. The van der Waals surface area contributed by atoms with Gasteiger partial charge >= 0.3 is 12.4 Å². The van der Waals surface area contributed by atoms with Crippen LogP contribution in [-0.4, -0.2) is 36.2 Å². The Balaban J connectivity index is 1.81. The van der Waals surface area contributed by atoms with Crippen LogP contribution in [0, 0.1) is 3.57 Å². The number of halogens is 7. The van der Waals surface area contributed by atoms with E-state index in [0.29, 0.717) is 33.3 Å². The zero-order chi connectivity index (χ0) is 30.8. The van der Waals surface area contributed by atoms with Crippen LogP contribution in [0.15, 0.2) is 65.6 Å². The van der Waals surface area contributed by atoms with Gasteiger partial charge in [-0.2, -0.15) is 34.8 Å². The molecule has 3 rings (SSSR count). The van der Waals surface area contributed by atoms with Crippen LogP contribution in [0.2, 0.25) is 0 Å². The van der Waals surface area contributed by atoms with Crippen LogP contribution in [0.25, 0.3) is 0 Å². The lowest BCUT2D eigenvalue weighted by molar-refractivity contribution is -0.376. The van der Waals surface area contributed by atoms with Gasteiger partial charge in [0.15, 0.2) is 5.78 Å². The summed E-state index contributed by atoms with van der Waals surface area (Å²) >= 11 is 1.88. The number of ketones is 1. The van der Waals surface area contributed by atoms with Gasteiger partial charge in [-0.3, -0.25) is 9.35 Å². The standard InChI is InChI=1S/C27H23F6IO6S/c1-2-3-18-14-19(25(36,26(28,29)30)27(31,32)33)8-13-23(18)40-24-12-7-17(15-21(24)34)22(35)11-6-16-4-9-20(10-5-16)41(37,38)39/h4-5,7-10,12-15,36H,2-3,6,11H2,1H3,(H,37,38,39). The molecule has 0 aromatic heterocycles. The van der Waals surface area contributed by atoms with Gasteiger partial charge in [0.25, 0.3) is 15.7 Å². The van der Waals surface area contributed by atoms with E-state index in [0.717, 1.165) is 6.07 Å². The van der Waals surface area contributed by atoms with E-state index in [4.69, 9.17) is 9.29 Å². The number of carbonyl (C=O) groups is 1. The maximum absolute atomic E-state index is 13.4. The Kier molecular flexibility index (Phi) is 9.82. The molecule has 0 heterocycles. The first kappa shape index (κ1) is 32.8. The molecule has 3 aromatic rings. The van der Waals surface area contributed by atoms with Crippen molar-refractivity contribution in [3.63, 3.8) is 0 Å². The Morgan fingerprint density at radius 2 is 1.46 bits per heavy atom. The average Bonchev–Trinajstić information content (AvgIpc) is 2.87. The van der Waals surface area contributed by atoms with Gasteiger partial charge in [0.05, 0.1) is 8.47 Å². The van der Waals surface area contributed by atoms with Crippen molar-refractivity contribution < 1.29 is 54.0 Å². The molecule has 2 N–H and O–H groups in total. The van der Waals surface area contributed by atoms with Crippen LogP contribution in [0.1, 0.15) is 46.8 Å². The molecule has 14 heteroatoms. The molecule has 0 spiro atoms. The van der Waals surface area contributed by atoms with Crippen molar-refractivity contribution in [2.75, 3.05) is 0 Å². The summed E-state index contributed by atoms with van der Waals surface area (Å²) in [5, 5.41) is 9.76. The number of carbonyl (C=O) groups excluding carboxylic acids is 1. The van der Waals surface area contributed by atoms with Gasteiger partial charge in [0, 0.05) is 17.5 Å². The van der Waals surface area contributed by atoms with E-state index in [1.807, 2.05) is 22.6 Å². The number of ether oxygens (including phenoxy) is 1. The SMILES string of the molecule is CCCc1cc(C(O)(C(F)(F)F)C(F)(F)F)ccc1Oc1ccc(C(=O)CCc2ccc(S(=O)(=O)O)cc2)cc1I. The molecule has 6 nitrogen and oxygen atoms in total. The molecule has 0 bridgehead atoms. The molecular formula is C27H23F6IO6S. The highest BCUT2D eigenvalue weighted by Gasteiger charge is 2.71. The average molecular weight is 716 g/mol. The largest absolute Gasteiger partial charge is 0.456 e. The molecule has 0 saturated carbocycles. The van der Waals surface area contributed by atoms with Gasteiger partial charge in [0.2, 0.25) is 0 Å². The zero-order valence-electron chi connectivity index (χ0n) is 21.2. The second-order valence-corrected chi connectivity index (χ2v) is 11.7. The summed E-state index contributed by atoms with van der Waals surface area (Å²) in [6.45, 7) is 1.67. The monoisotopic (exact) mass is 716 g/mol. The molecule has 0 unspecified atom stereocenters. The van der Waals surface area contributed by atoms with Crippen molar-refractivity contribution in [1.29, 1.82) is 0 Å². The van der Waals surface area contributed by atoms with Gasteiger partial charge < -0.3 is 9.84 Å². The third-order valence-corrected chi connectivity index (χ3v) is 7.86. The van der Waals surface area contributed by atoms with Gasteiger partial charge in [-0.1, -0.05) is 31.5 Å². The van der Waals surface area contributed by atoms with Crippen LogP contribution in [0.3, 0.4) is 0 Å². The molecule has 0 fully saturated rings. The van der Waals surface area contributed by atoms with Gasteiger partial charge in [-0.25, -0.2) is 0 Å². The van der Waals surface area contributed by atoms with E-state index in [9.17, 15) is 44.7 Å². The minimum atomic E-state index is -6.02. The minimum Gasteiger partial charge on any atom is -0.456 e. The first-order valence-corrected chi connectivity index (χ1v) is 14.5. The van der Waals surface area contributed by atoms with Crippen molar-refractivity contribution in [3.05, 3.63) is 86.5 Å². The zero-order valence-corrected chi connectivity index (χ0v) is 24.2. The van der Waals surface area contributed by atoms with Crippen LogP contribution in [0.5, 0.6) is 11.5 Å². The summed E-state index contributed by atoms with van der Waals surface area (Å²) in [6, 6.07) is 11.9. The van der Waals surface area contributed by atoms with Crippen molar-refractivity contribution in [3.8, 4) is 11.5 Å². The predicted octanol–water partition coefficient (Wildman–Crippen LogP) is 7.41.